The Hall–Kier alpha value is -2.29. The summed E-state index contributed by atoms with van der Waals surface area (Å²) in [7, 11) is -0.0862. The molecule has 0 amide bonds. The lowest BCUT2D eigenvalue weighted by Gasteiger charge is -2.35. The molecule has 1 aliphatic rings. The van der Waals surface area contributed by atoms with Gasteiger partial charge in [0.1, 0.15) is 5.75 Å². The molecule has 7 nitrogen and oxygen atoms in total. The van der Waals surface area contributed by atoms with Gasteiger partial charge in [0.15, 0.2) is 0 Å². The first-order valence-electron chi connectivity index (χ1n) is 9.74. The molecule has 0 atom stereocenters. The molecule has 0 saturated carbocycles. The number of piperazine rings is 1. The summed E-state index contributed by atoms with van der Waals surface area (Å²) in [5.74, 6) is 0.704. The lowest BCUT2D eigenvalue weighted by Crippen LogP contribution is -2.44. The van der Waals surface area contributed by atoms with E-state index in [9.17, 15) is 8.42 Å². The van der Waals surface area contributed by atoms with Gasteiger partial charge >= 0.3 is 0 Å². The normalized spacial score (nSPS) is 15.3. The van der Waals surface area contributed by atoms with Gasteiger partial charge in [0.2, 0.25) is 0 Å². The Morgan fingerprint density at radius 1 is 1.07 bits per heavy atom. The summed E-state index contributed by atoms with van der Waals surface area (Å²) in [6, 6.07) is 12.3. The van der Waals surface area contributed by atoms with Gasteiger partial charge < -0.3 is 19.3 Å². The quantitative estimate of drug-likeness (QED) is 0.710. The molecule has 1 heterocycles. The van der Waals surface area contributed by atoms with Crippen molar-refractivity contribution >= 4 is 21.4 Å². The van der Waals surface area contributed by atoms with E-state index in [1.54, 1.807) is 37.4 Å². The van der Waals surface area contributed by atoms with E-state index in [4.69, 9.17) is 9.47 Å². The predicted molar refractivity (Wildman–Crippen MR) is 115 cm³/mol. The molecule has 0 spiro atoms. The number of benzene rings is 2. The van der Waals surface area contributed by atoms with E-state index in [1.165, 1.54) is 0 Å². The van der Waals surface area contributed by atoms with Crippen molar-refractivity contribution < 1.29 is 17.9 Å². The third kappa shape index (κ3) is 5.20. The molecule has 0 unspecified atom stereocenters. The highest BCUT2D eigenvalue weighted by Crippen LogP contribution is 2.33. The SMILES string of the molecule is CCOc1ccc(S(=O)(=O)Nc2ccccc2COC)cc1N1CCN(C)CC1. The number of rotatable bonds is 8. The van der Waals surface area contributed by atoms with Crippen LogP contribution in [0.5, 0.6) is 5.75 Å². The summed E-state index contributed by atoms with van der Waals surface area (Å²) >= 11 is 0. The first-order valence-corrected chi connectivity index (χ1v) is 11.2. The van der Waals surface area contributed by atoms with Crippen molar-refractivity contribution in [2.24, 2.45) is 0 Å². The standard InChI is InChI=1S/C21H29N3O4S/c1-4-28-21-10-9-18(15-20(21)24-13-11-23(2)12-14-24)29(25,26)22-19-8-6-5-7-17(19)16-27-3/h5-10,15,22H,4,11-14,16H2,1-3H3. The van der Waals surface area contributed by atoms with Crippen LogP contribution in [0.3, 0.4) is 0 Å². The van der Waals surface area contributed by atoms with E-state index in [0.717, 1.165) is 37.4 Å². The Bertz CT molecular complexity index is 925. The first-order chi connectivity index (χ1) is 13.9. The van der Waals surface area contributed by atoms with Gasteiger partial charge in [-0.2, -0.15) is 0 Å². The number of para-hydroxylation sites is 1. The zero-order valence-electron chi connectivity index (χ0n) is 17.2. The fourth-order valence-corrected chi connectivity index (χ4v) is 4.46. The summed E-state index contributed by atoms with van der Waals surface area (Å²) in [5.41, 5.74) is 2.11. The van der Waals surface area contributed by atoms with Crippen molar-refractivity contribution in [1.29, 1.82) is 0 Å². The summed E-state index contributed by atoms with van der Waals surface area (Å²) < 4.78 is 39.8. The highest BCUT2D eigenvalue weighted by Gasteiger charge is 2.22. The minimum absolute atomic E-state index is 0.210. The van der Waals surface area contributed by atoms with Crippen LogP contribution in [0.2, 0.25) is 0 Å². The summed E-state index contributed by atoms with van der Waals surface area (Å²) in [6.07, 6.45) is 0. The zero-order chi connectivity index (χ0) is 20.9. The number of sulfonamides is 1. The number of ether oxygens (including phenoxy) is 2. The molecular formula is C21H29N3O4S. The van der Waals surface area contributed by atoms with Crippen LogP contribution in [0.15, 0.2) is 47.4 Å². The first kappa shape index (κ1) is 21.4. The molecule has 0 aromatic heterocycles. The fourth-order valence-electron chi connectivity index (χ4n) is 3.34. The largest absolute Gasteiger partial charge is 0.492 e. The maximum absolute atomic E-state index is 13.1. The molecule has 0 aliphatic carbocycles. The third-order valence-electron chi connectivity index (χ3n) is 4.95. The van der Waals surface area contributed by atoms with Crippen molar-refractivity contribution in [3.05, 3.63) is 48.0 Å². The van der Waals surface area contributed by atoms with Gasteiger partial charge in [-0.25, -0.2) is 8.42 Å². The van der Waals surface area contributed by atoms with Crippen LogP contribution >= 0.6 is 0 Å². The molecule has 0 bridgehead atoms. The number of methoxy groups -OCH3 is 1. The Kier molecular flexibility index (Phi) is 7.00. The van der Waals surface area contributed by atoms with Crippen LogP contribution in [-0.2, 0) is 21.4 Å². The van der Waals surface area contributed by atoms with Crippen LogP contribution in [-0.4, -0.2) is 60.3 Å². The molecule has 1 N–H and O–H groups in total. The molecule has 3 rings (SSSR count). The predicted octanol–water partition coefficient (Wildman–Crippen LogP) is 2.78. The van der Waals surface area contributed by atoms with Crippen LogP contribution in [0, 0.1) is 0 Å². The molecule has 0 radical (unpaired) electrons. The van der Waals surface area contributed by atoms with E-state index >= 15 is 0 Å². The molecule has 29 heavy (non-hydrogen) atoms. The lowest BCUT2D eigenvalue weighted by molar-refractivity contribution is 0.185. The number of anilines is 2. The van der Waals surface area contributed by atoms with E-state index in [2.05, 4.69) is 21.6 Å². The maximum Gasteiger partial charge on any atom is 0.261 e. The molecule has 158 valence electrons. The molecule has 2 aromatic carbocycles. The second-order valence-corrected chi connectivity index (χ2v) is 8.73. The fraction of sp³-hybridized carbons (Fsp3) is 0.429. The van der Waals surface area contributed by atoms with Crippen LogP contribution in [0.1, 0.15) is 12.5 Å². The van der Waals surface area contributed by atoms with Crippen LogP contribution in [0.25, 0.3) is 0 Å². The summed E-state index contributed by atoms with van der Waals surface area (Å²) in [6.45, 7) is 6.27. The zero-order valence-corrected chi connectivity index (χ0v) is 18.0. The Labute approximate surface area is 173 Å². The number of likely N-dealkylation sites (N-methyl/N-ethyl adjacent to an activating group) is 1. The van der Waals surface area contributed by atoms with Crippen molar-refractivity contribution in [2.75, 3.05) is 56.6 Å². The Balaban J connectivity index is 1.92. The van der Waals surface area contributed by atoms with Crippen molar-refractivity contribution in [3.8, 4) is 5.75 Å². The van der Waals surface area contributed by atoms with E-state index in [-0.39, 0.29) is 4.90 Å². The molecule has 8 heteroatoms. The van der Waals surface area contributed by atoms with E-state index in [1.807, 2.05) is 19.1 Å². The van der Waals surface area contributed by atoms with Gasteiger partial charge in [-0.05, 0) is 38.2 Å². The number of hydrogen-bond acceptors (Lipinski definition) is 6. The molecule has 2 aromatic rings. The van der Waals surface area contributed by atoms with Gasteiger partial charge in [0, 0.05) is 38.9 Å². The van der Waals surface area contributed by atoms with Crippen molar-refractivity contribution in [1.82, 2.24) is 4.90 Å². The molecular weight excluding hydrogens is 390 g/mol. The topological polar surface area (TPSA) is 71.1 Å². The van der Waals surface area contributed by atoms with E-state index in [0.29, 0.717) is 24.7 Å². The monoisotopic (exact) mass is 419 g/mol. The van der Waals surface area contributed by atoms with Gasteiger partial charge in [-0.3, -0.25) is 4.72 Å². The van der Waals surface area contributed by atoms with Gasteiger partial charge in [0.25, 0.3) is 10.0 Å². The molecule has 1 aliphatic heterocycles. The second kappa shape index (κ2) is 9.47. The highest BCUT2D eigenvalue weighted by atomic mass is 32.2. The van der Waals surface area contributed by atoms with Crippen LogP contribution in [0.4, 0.5) is 11.4 Å². The average molecular weight is 420 g/mol. The van der Waals surface area contributed by atoms with Crippen LogP contribution < -0.4 is 14.4 Å². The molecule has 1 fully saturated rings. The number of nitrogens with one attached hydrogen (secondary N) is 1. The Morgan fingerprint density at radius 2 is 1.79 bits per heavy atom. The van der Waals surface area contributed by atoms with Crippen molar-refractivity contribution in [3.63, 3.8) is 0 Å². The maximum atomic E-state index is 13.1. The van der Waals surface area contributed by atoms with Gasteiger partial charge in [0.05, 0.1) is 29.5 Å². The molecule has 1 saturated heterocycles. The van der Waals surface area contributed by atoms with Gasteiger partial charge in [-0.1, -0.05) is 18.2 Å². The average Bonchev–Trinajstić information content (AvgIpc) is 2.70. The second-order valence-electron chi connectivity index (χ2n) is 7.05. The van der Waals surface area contributed by atoms with Gasteiger partial charge in [-0.15, -0.1) is 0 Å². The minimum atomic E-state index is -3.76. The van der Waals surface area contributed by atoms with E-state index < -0.39 is 10.0 Å². The third-order valence-corrected chi connectivity index (χ3v) is 6.31. The Morgan fingerprint density at radius 3 is 2.48 bits per heavy atom. The summed E-state index contributed by atoms with van der Waals surface area (Å²) in [4.78, 5) is 4.65. The number of nitrogens with zero attached hydrogens (tertiary/aromatic N) is 2. The van der Waals surface area contributed by atoms with Crippen molar-refractivity contribution in [2.45, 2.75) is 18.4 Å². The minimum Gasteiger partial charge on any atom is -0.492 e. The summed E-state index contributed by atoms with van der Waals surface area (Å²) in [5, 5.41) is 0. The lowest BCUT2D eigenvalue weighted by atomic mass is 10.2. The highest BCUT2D eigenvalue weighted by molar-refractivity contribution is 7.92. The number of hydrogen-bond donors (Lipinski definition) is 1. The smallest absolute Gasteiger partial charge is 0.261 e.